The Balaban J connectivity index is 1.49. The molecular weight excluding hydrogens is 598 g/mol. The fourth-order valence-corrected chi connectivity index (χ4v) is 5.44. The van der Waals surface area contributed by atoms with E-state index in [1.54, 1.807) is 24.5 Å². The summed E-state index contributed by atoms with van der Waals surface area (Å²) in [5, 5.41) is 24.2. The lowest BCUT2D eigenvalue weighted by molar-refractivity contribution is -0.132. The van der Waals surface area contributed by atoms with Crippen LogP contribution in [0, 0.1) is 5.92 Å². The number of aromatic nitrogens is 3. The summed E-state index contributed by atoms with van der Waals surface area (Å²) in [5.74, 6) is -1.79. The van der Waals surface area contributed by atoms with Crippen molar-refractivity contribution in [2.24, 2.45) is 5.92 Å². The number of fused-ring (bicyclic) bond motifs is 1. The number of carbonyl (C=O) groups excluding carboxylic acids is 4. The van der Waals surface area contributed by atoms with Crippen LogP contribution < -0.4 is 21.3 Å². The average molecular weight is 642 g/mol. The van der Waals surface area contributed by atoms with E-state index >= 15 is 0 Å². The van der Waals surface area contributed by atoms with E-state index in [1.807, 2.05) is 62.4 Å². The lowest BCUT2D eigenvalue weighted by Gasteiger charge is -2.28. The van der Waals surface area contributed by atoms with E-state index in [0.717, 1.165) is 16.3 Å². The van der Waals surface area contributed by atoms with Gasteiger partial charge >= 0.3 is 0 Å². The number of nitrogens with zero attached hydrogens (tertiary/aromatic N) is 2. The maximum Gasteiger partial charge on any atom is 0.243 e. The Morgan fingerprint density at radius 3 is 2.26 bits per heavy atom. The van der Waals surface area contributed by atoms with Crippen molar-refractivity contribution < 1.29 is 24.3 Å². The van der Waals surface area contributed by atoms with Gasteiger partial charge in [0.25, 0.3) is 0 Å². The van der Waals surface area contributed by atoms with E-state index in [0.29, 0.717) is 17.8 Å². The largest absolute Gasteiger partial charge is 0.390 e. The molecule has 0 saturated heterocycles. The predicted molar refractivity (Wildman–Crippen MR) is 178 cm³/mol. The highest BCUT2D eigenvalue weighted by Gasteiger charge is 2.31. The molecule has 4 rings (SSSR count). The van der Waals surface area contributed by atoms with E-state index in [-0.39, 0.29) is 43.5 Å². The quantitative estimate of drug-likeness (QED) is 0.109. The van der Waals surface area contributed by atoms with Crippen LogP contribution in [0.2, 0.25) is 0 Å². The van der Waals surface area contributed by atoms with Gasteiger partial charge in [-0.15, -0.1) is 0 Å². The van der Waals surface area contributed by atoms with Crippen molar-refractivity contribution in [3.8, 4) is 0 Å². The van der Waals surface area contributed by atoms with Crippen molar-refractivity contribution in [1.82, 2.24) is 36.2 Å². The molecule has 4 aromatic rings. The number of pyridine rings is 1. The molecule has 2 heterocycles. The SMILES string of the molecule is CC(=O)N[C@@H](Cc1cccc2ccccc12)C(=O)N[C@H](Cc1c[nH]cn1)C(=O)N[C@@H](CC(C)C)[C@@H](O)CC(=O)NCc1ccccn1. The van der Waals surface area contributed by atoms with Crippen molar-refractivity contribution in [3.63, 3.8) is 0 Å². The van der Waals surface area contributed by atoms with Crippen LogP contribution in [-0.2, 0) is 38.6 Å². The molecule has 248 valence electrons. The van der Waals surface area contributed by atoms with Crippen LogP contribution >= 0.6 is 0 Å². The molecule has 12 heteroatoms. The van der Waals surface area contributed by atoms with Crippen molar-refractivity contribution in [1.29, 1.82) is 0 Å². The van der Waals surface area contributed by atoms with Crippen LogP contribution in [0.1, 0.15) is 50.6 Å². The summed E-state index contributed by atoms with van der Waals surface area (Å²) in [6.45, 7) is 5.43. The van der Waals surface area contributed by atoms with E-state index in [2.05, 4.69) is 36.2 Å². The highest BCUT2D eigenvalue weighted by Crippen LogP contribution is 2.20. The minimum atomic E-state index is -1.19. The van der Waals surface area contributed by atoms with Crippen molar-refractivity contribution in [2.45, 2.75) is 77.2 Å². The molecule has 4 amide bonds. The zero-order valence-corrected chi connectivity index (χ0v) is 26.9. The third-order valence-corrected chi connectivity index (χ3v) is 7.70. The van der Waals surface area contributed by atoms with Gasteiger partial charge in [0.05, 0.1) is 42.8 Å². The van der Waals surface area contributed by atoms with Gasteiger partial charge in [0.2, 0.25) is 23.6 Å². The van der Waals surface area contributed by atoms with Crippen LogP contribution in [0.3, 0.4) is 0 Å². The van der Waals surface area contributed by atoms with E-state index in [1.165, 1.54) is 13.3 Å². The van der Waals surface area contributed by atoms with Gasteiger partial charge in [-0.2, -0.15) is 0 Å². The van der Waals surface area contributed by atoms with Gasteiger partial charge in [-0.05, 0) is 40.8 Å². The number of hydrogen-bond acceptors (Lipinski definition) is 7. The Bertz CT molecular complexity index is 1620. The Kier molecular flexibility index (Phi) is 12.6. The standard InChI is InChI=1S/C35H43N7O5/c1-22(2)15-29(32(44)18-33(45)38-20-26-12-6-7-14-37-26)41-35(47)31(17-27-19-36-21-39-27)42-34(46)30(40-23(3)43)16-25-11-8-10-24-9-4-5-13-28(24)25/h4-14,19,21-22,29-32,44H,15-18,20H2,1-3H3,(H,36,39)(H,38,45)(H,40,43)(H,41,47)(H,42,46)/t29-,30-,31+,32-/m0/s1. The second-order valence-corrected chi connectivity index (χ2v) is 12.0. The van der Waals surface area contributed by atoms with Gasteiger partial charge in [-0.3, -0.25) is 24.2 Å². The van der Waals surface area contributed by atoms with Crippen LogP contribution in [-0.4, -0.2) is 67.9 Å². The zero-order valence-electron chi connectivity index (χ0n) is 26.9. The highest BCUT2D eigenvalue weighted by atomic mass is 16.3. The predicted octanol–water partition coefficient (Wildman–Crippen LogP) is 2.33. The van der Waals surface area contributed by atoms with Crippen molar-refractivity contribution >= 4 is 34.4 Å². The Labute approximate surface area is 274 Å². The number of carbonyl (C=O) groups is 4. The Morgan fingerprint density at radius 2 is 1.55 bits per heavy atom. The number of benzene rings is 2. The second-order valence-electron chi connectivity index (χ2n) is 12.0. The second kappa shape index (κ2) is 17.0. The number of amides is 4. The van der Waals surface area contributed by atoms with Gasteiger partial charge < -0.3 is 31.4 Å². The first-order valence-corrected chi connectivity index (χ1v) is 15.8. The zero-order chi connectivity index (χ0) is 33.8. The molecule has 0 aliphatic heterocycles. The Hall–Kier alpha value is -5.10. The first kappa shape index (κ1) is 34.8. The average Bonchev–Trinajstić information content (AvgIpc) is 3.56. The number of aliphatic hydroxyl groups is 1. The van der Waals surface area contributed by atoms with Crippen molar-refractivity contribution in [2.75, 3.05) is 0 Å². The van der Waals surface area contributed by atoms with Crippen LogP contribution in [0.5, 0.6) is 0 Å². The summed E-state index contributed by atoms with van der Waals surface area (Å²) in [5.41, 5.74) is 2.08. The maximum absolute atomic E-state index is 13.8. The summed E-state index contributed by atoms with van der Waals surface area (Å²) in [6, 6.07) is 16.1. The molecule has 0 fully saturated rings. The van der Waals surface area contributed by atoms with Gasteiger partial charge in [-0.1, -0.05) is 62.4 Å². The topological polar surface area (TPSA) is 178 Å². The minimum Gasteiger partial charge on any atom is -0.390 e. The molecule has 0 aliphatic carbocycles. The normalized spacial score (nSPS) is 13.7. The molecule has 0 aliphatic rings. The number of hydrogen-bond donors (Lipinski definition) is 6. The number of imidazole rings is 1. The molecule has 6 N–H and O–H groups in total. The molecular formula is C35H43N7O5. The van der Waals surface area contributed by atoms with Crippen molar-refractivity contribution in [3.05, 3.63) is 96.3 Å². The number of H-pyrrole nitrogens is 1. The molecule has 12 nitrogen and oxygen atoms in total. The fourth-order valence-electron chi connectivity index (χ4n) is 5.44. The van der Waals surface area contributed by atoms with E-state index < -0.39 is 36.0 Å². The molecule has 4 atom stereocenters. The number of aliphatic hydroxyl groups excluding tert-OH is 1. The number of rotatable bonds is 16. The van der Waals surface area contributed by atoms with Gasteiger partial charge in [-0.25, -0.2) is 4.98 Å². The van der Waals surface area contributed by atoms with Crippen LogP contribution in [0.25, 0.3) is 10.8 Å². The molecule has 2 aromatic heterocycles. The Morgan fingerprint density at radius 1 is 0.830 bits per heavy atom. The molecule has 0 bridgehead atoms. The van der Waals surface area contributed by atoms with Crippen LogP contribution in [0.15, 0.2) is 79.4 Å². The lowest BCUT2D eigenvalue weighted by Crippen LogP contribution is -2.57. The third kappa shape index (κ3) is 10.7. The molecule has 0 spiro atoms. The summed E-state index contributed by atoms with van der Waals surface area (Å²) in [7, 11) is 0. The van der Waals surface area contributed by atoms with Crippen LogP contribution in [0.4, 0.5) is 0 Å². The summed E-state index contributed by atoms with van der Waals surface area (Å²) >= 11 is 0. The van der Waals surface area contributed by atoms with Gasteiger partial charge in [0.1, 0.15) is 12.1 Å². The van der Waals surface area contributed by atoms with Gasteiger partial charge in [0.15, 0.2) is 0 Å². The van der Waals surface area contributed by atoms with Gasteiger partial charge in [0, 0.05) is 32.2 Å². The summed E-state index contributed by atoms with van der Waals surface area (Å²) < 4.78 is 0. The first-order valence-electron chi connectivity index (χ1n) is 15.8. The molecule has 0 radical (unpaired) electrons. The molecule has 0 saturated carbocycles. The minimum absolute atomic E-state index is 0.0528. The molecule has 47 heavy (non-hydrogen) atoms. The van der Waals surface area contributed by atoms with E-state index in [4.69, 9.17) is 0 Å². The smallest absolute Gasteiger partial charge is 0.243 e. The molecule has 0 unspecified atom stereocenters. The third-order valence-electron chi connectivity index (χ3n) is 7.70. The number of aromatic amines is 1. The first-order chi connectivity index (χ1) is 22.6. The fraction of sp³-hybridized carbons (Fsp3) is 0.371. The van der Waals surface area contributed by atoms with E-state index in [9.17, 15) is 24.3 Å². The lowest BCUT2D eigenvalue weighted by atomic mass is 9.96. The number of nitrogens with one attached hydrogen (secondary N) is 5. The monoisotopic (exact) mass is 641 g/mol. The highest BCUT2D eigenvalue weighted by molar-refractivity contribution is 5.93. The molecule has 2 aromatic carbocycles. The summed E-state index contributed by atoms with van der Waals surface area (Å²) in [4.78, 5) is 63.7. The summed E-state index contributed by atoms with van der Waals surface area (Å²) in [6.07, 6.45) is 3.94. The maximum atomic E-state index is 13.8.